The van der Waals surface area contributed by atoms with Crippen LogP contribution in [0.1, 0.15) is 56.0 Å². The number of fused-ring (bicyclic) bond motifs is 1. The van der Waals surface area contributed by atoms with Crippen LogP contribution in [0.5, 0.6) is 0 Å². The molecule has 3 heteroatoms. The molecule has 0 spiro atoms. The van der Waals surface area contributed by atoms with E-state index in [0.717, 1.165) is 12.8 Å². The third-order valence-electron chi connectivity index (χ3n) is 4.07. The van der Waals surface area contributed by atoms with Gasteiger partial charge in [-0.2, -0.15) is 0 Å². The Hall–Kier alpha value is -1.90. The number of carbonyl (C=O) groups is 2. The van der Waals surface area contributed by atoms with Gasteiger partial charge in [-0.3, -0.25) is 9.59 Å². The summed E-state index contributed by atoms with van der Waals surface area (Å²) in [6.45, 7) is 6.35. The van der Waals surface area contributed by atoms with Gasteiger partial charge in [-0.25, -0.2) is 0 Å². The van der Waals surface area contributed by atoms with Crippen molar-refractivity contribution in [3.63, 3.8) is 0 Å². The van der Waals surface area contributed by atoms with Crippen molar-refractivity contribution in [1.29, 1.82) is 0 Å². The maximum absolute atomic E-state index is 12.3. The van der Waals surface area contributed by atoms with Crippen LogP contribution in [-0.2, 0) is 4.79 Å². The first kappa shape index (κ1) is 15.5. The van der Waals surface area contributed by atoms with Crippen molar-refractivity contribution in [1.82, 2.24) is 0 Å². The fraction of sp³-hybridized carbons (Fsp3) is 0.444. The number of allylic oxidation sites excluding steroid dienone is 1. The molecule has 1 unspecified atom stereocenters. The van der Waals surface area contributed by atoms with Gasteiger partial charge in [-0.05, 0) is 24.7 Å². The SMILES string of the molecule is CCC(CC1=C(O)c2ccccc2C(=O)C1=O)CC(C)C. The minimum atomic E-state index is -0.548. The predicted molar refractivity (Wildman–Crippen MR) is 83.2 cm³/mol. The first-order valence-corrected chi connectivity index (χ1v) is 7.56. The van der Waals surface area contributed by atoms with Gasteiger partial charge in [0.1, 0.15) is 5.76 Å². The quantitative estimate of drug-likeness (QED) is 0.826. The Bertz CT molecular complexity index is 596. The zero-order chi connectivity index (χ0) is 15.6. The lowest BCUT2D eigenvalue weighted by molar-refractivity contribution is -0.112. The second kappa shape index (κ2) is 6.25. The summed E-state index contributed by atoms with van der Waals surface area (Å²) < 4.78 is 0. The number of carbonyl (C=O) groups excluding carboxylic acids is 2. The molecule has 0 amide bonds. The third kappa shape index (κ3) is 3.07. The van der Waals surface area contributed by atoms with Gasteiger partial charge in [0.25, 0.3) is 0 Å². The molecule has 0 radical (unpaired) electrons. The normalized spacial score (nSPS) is 16.4. The zero-order valence-electron chi connectivity index (χ0n) is 12.8. The van der Waals surface area contributed by atoms with Crippen molar-refractivity contribution in [2.75, 3.05) is 0 Å². The summed E-state index contributed by atoms with van der Waals surface area (Å²) in [6, 6.07) is 6.75. The van der Waals surface area contributed by atoms with Crippen molar-refractivity contribution in [3.8, 4) is 0 Å². The van der Waals surface area contributed by atoms with Gasteiger partial charge in [-0.15, -0.1) is 0 Å². The van der Waals surface area contributed by atoms with E-state index in [1.807, 2.05) is 0 Å². The third-order valence-corrected chi connectivity index (χ3v) is 4.07. The molecule has 0 aromatic heterocycles. The number of aliphatic hydroxyl groups excluding tert-OH is 1. The molecule has 21 heavy (non-hydrogen) atoms. The highest BCUT2D eigenvalue weighted by molar-refractivity contribution is 6.52. The first-order valence-electron chi connectivity index (χ1n) is 7.56. The lowest BCUT2D eigenvalue weighted by Gasteiger charge is -2.22. The maximum Gasteiger partial charge on any atom is 0.234 e. The minimum absolute atomic E-state index is 0.0163. The molecule has 1 aromatic rings. The highest BCUT2D eigenvalue weighted by Gasteiger charge is 2.33. The van der Waals surface area contributed by atoms with E-state index >= 15 is 0 Å². The van der Waals surface area contributed by atoms with E-state index in [4.69, 9.17) is 0 Å². The molecular weight excluding hydrogens is 264 g/mol. The van der Waals surface area contributed by atoms with Crippen LogP contribution in [0.25, 0.3) is 5.76 Å². The fourth-order valence-corrected chi connectivity index (χ4v) is 2.96. The molecule has 1 atom stereocenters. The number of hydrogen-bond donors (Lipinski definition) is 1. The van der Waals surface area contributed by atoms with Gasteiger partial charge < -0.3 is 5.11 Å². The average Bonchev–Trinajstić information content (AvgIpc) is 2.47. The molecule has 1 N–H and O–H groups in total. The molecule has 1 aromatic carbocycles. The van der Waals surface area contributed by atoms with Gasteiger partial charge in [0.15, 0.2) is 0 Å². The molecule has 0 heterocycles. The molecule has 0 saturated carbocycles. The van der Waals surface area contributed by atoms with Crippen LogP contribution in [-0.4, -0.2) is 16.7 Å². The summed E-state index contributed by atoms with van der Waals surface area (Å²) in [6.07, 6.45) is 2.38. The van der Waals surface area contributed by atoms with Crippen molar-refractivity contribution < 1.29 is 14.7 Å². The smallest absolute Gasteiger partial charge is 0.234 e. The molecule has 1 aliphatic rings. The second-order valence-corrected chi connectivity index (χ2v) is 6.14. The van der Waals surface area contributed by atoms with Crippen LogP contribution < -0.4 is 0 Å². The van der Waals surface area contributed by atoms with Gasteiger partial charge in [0, 0.05) is 16.7 Å². The highest BCUT2D eigenvalue weighted by atomic mass is 16.3. The van der Waals surface area contributed by atoms with Crippen LogP contribution in [0.15, 0.2) is 29.8 Å². The molecule has 112 valence electrons. The van der Waals surface area contributed by atoms with E-state index in [9.17, 15) is 14.7 Å². The maximum atomic E-state index is 12.3. The number of hydrogen-bond acceptors (Lipinski definition) is 3. The number of benzene rings is 1. The number of ketones is 2. The molecule has 3 nitrogen and oxygen atoms in total. The standard InChI is InChI=1S/C18H22O3/c1-4-12(9-11(2)3)10-15-16(19)13-7-5-6-8-14(13)17(20)18(15)21/h5-8,11-12,19H,4,9-10H2,1-3H3. The number of rotatable bonds is 5. The van der Waals surface area contributed by atoms with Crippen LogP contribution in [0.2, 0.25) is 0 Å². The first-order chi connectivity index (χ1) is 9.95. The summed E-state index contributed by atoms with van der Waals surface area (Å²) in [4.78, 5) is 24.4. The van der Waals surface area contributed by atoms with Gasteiger partial charge >= 0.3 is 0 Å². The Kier molecular flexibility index (Phi) is 4.61. The highest BCUT2D eigenvalue weighted by Crippen LogP contribution is 2.33. The lowest BCUT2D eigenvalue weighted by Crippen LogP contribution is -2.25. The summed E-state index contributed by atoms with van der Waals surface area (Å²) >= 11 is 0. The van der Waals surface area contributed by atoms with Gasteiger partial charge in [0.05, 0.1) is 0 Å². The Morgan fingerprint density at radius 1 is 1.05 bits per heavy atom. The van der Waals surface area contributed by atoms with Gasteiger partial charge in [0.2, 0.25) is 11.6 Å². The van der Waals surface area contributed by atoms with E-state index in [1.54, 1.807) is 24.3 Å². The summed E-state index contributed by atoms with van der Waals surface area (Å²) in [5.74, 6) is -0.229. The Morgan fingerprint density at radius 3 is 2.24 bits per heavy atom. The fourth-order valence-electron chi connectivity index (χ4n) is 2.96. The van der Waals surface area contributed by atoms with E-state index in [0.29, 0.717) is 29.4 Å². The van der Waals surface area contributed by atoms with Crippen molar-refractivity contribution >= 4 is 17.3 Å². The zero-order valence-corrected chi connectivity index (χ0v) is 12.8. The van der Waals surface area contributed by atoms with Crippen LogP contribution in [0.4, 0.5) is 0 Å². The predicted octanol–water partition coefficient (Wildman–Crippen LogP) is 4.18. The molecule has 0 fully saturated rings. The summed E-state index contributed by atoms with van der Waals surface area (Å²) in [7, 11) is 0. The van der Waals surface area contributed by atoms with E-state index < -0.39 is 11.6 Å². The summed E-state index contributed by atoms with van der Waals surface area (Å²) in [5, 5.41) is 10.4. The topological polar surface area (TPSA) is 54.4 Å². The Morgan fingerprint density at radius 2 is 1.67 bits per heavy atom. The average molecular weight is 286 g/mol. The lowest BCUT2D eigenvalue weighted by atomic mass is 9.81. The molecule has 0 bridgehead atoms. The van der Waals surface area contributed by atoms with Gasteiger partial charge in [-0.1, -0.05) is 51.5 Å². The summed E-state index contributed by atoms with van der Waals surface area (Å²) in [5.41, 5.74) is 1.07. The van der Waals surface area contributed by atoms with Crippen molar-refractivity contribution in [2.24, 2.45) is 11.8 Å². The van der Waals surface area contributed by atoms with Crippen LogP contribution in [0.3, 0.4) is 0 Å². The largest absolute Gasteiger partial charge is 0.507 e. The molecule has 0 aliphatic heterocycles. The van der Waals surface area contributed by atoms with E-state index in [-0.39, 0.29) is 11.3 Å². The van der Waals surface area contributed by atoms with E-state index in [2.05, 4.69) is 20.8 Å². The number of Topliss-reactive ketones (excluding diaryl/α,β-unsaturated/α-hetero) is 2. The Balaban J connectivity index is 2.38. The molecular formula is C18H22O3. The van der Waals surface area contributed by atoms with E-state index in [1.165, 1.54) is 0 Å². The van der Waals surface area contributed by atoms with Crippen molar-refractivity contribution in [2.45, 2.75) is 40.0 Å². The second-order valence-electron chi connectivity index (χ2n) is 6.14. The molecule has 0 saturated heterocycles. The molecule has 2 rings (SSSR count). The minimum Gasteiger partial charge on any atom is -0.507 e. The van der Waals surface area contributed by atoms with Crippen molar-refractivity contribution in [3.05, 3.63) is 41.0 Å². The number of aliphatic hydroxyl groups is 1. The Labute approximate surface area is 125 Å². The molecule has 1 aliphatic carbocycles. The van der Waals surface area contributed by atoms with Crippen LogP contribution >= 0.6 is 0 Å². The van der Waals surface area contributed by atoms with Crippen LogP contribution in [0, 0.1) is 11.8 Å². The monoisotopic (exact) mass is 286 g/mol.